The molecule has 0 unspecified atom stereocenters. The topological polar surface area (TPSA) is 64.4 Å². The van der Waals surface area contributed by atoms with Crippen molar-refractivity contribution in [1.82, 2.24) is 10.5 Å². The molecule has 0 radical (unpaired) electrons. The molecule has 0 aliphatic rings. The highest BCUT2D eigenvalue weighted by Crippen LogP contribution is 2.19. The van der Waals surface area contributed by atoms with Crippen molar-refractivity contribution in [2.24, 2.45) is 0 Å². The molecule has 3 rings (SSSR count). The molecule has 0 saturated heterocycles. The first-order valence-corrected chi connectivity index (χ1v) is 7.37. The van der Waals surface area contributed by atoms with Crippen molar-refractivity contribution in [3.63, 3.8) is 0 Å². The van der Waals surface area contributed by atoms with Crippen molar-refractivity contribution in [1.29, 1.82) is 0 Å². The van der Waals surface area contributed by atoms with Gasteiger partial charge in [-0.1, -0.05) is 17.7 Å². The third-order valence-electron chi connectivity index (χ3n) is 3.11. The van der Waals surface area contributed by atoms with Crippen molar-refractivity contribution in [2.75, 3.05) is 0 Å². The number of amides is 1. The summed E-state index contributed by atoms with van der Waals surface area (Å²) in [5, 5.41) is 0.542. The molecule has 0 spiro atoms. The number of aromatic nitrogens is 1. The van der Waals surface area contributed by atoms with Crippen LogP contribution < -0.4 is 5.48 Å². The summed E-state index contributed by atoms with van der Waals surface area (Å²) in [6, 6.07) is 12.3. The second-order valence-electron chi connectivity index (χ2n) is 4.88. The number of carbonyl (C=O) groups is 1. The number of oxazole rings is 1. The third kappa shape index (κ3) is 3.98. The number of halogens is 2. The summed E-state index contributed by atoms with van der Waals surface area (Å²) in [5.74, 6) is -0.503. The number of hydrogen-bond acceptors (Lipinski definition) is 4. The van der Waals surface area contributed by atoms with Crippen LogP contribution in [-0.4, -0.2) is 10.9 Å². The third-order valence-corrected chi connectivity index (χ3v) is 3.37. The van der Waals surface area contributed by atoms with Crippen molar-refractivity contribution < 1.29 is 18.4 Å². The average molecular weight is 347 g/mol. The predicted molar refractivity (Wildman–Crippen MR) is 85.6 cm³/mol. The molecule has 3 aromatic rings. The standard InChI is InChI=1S/C17H12ClFN2O3/c18-13-6-4-11(5-7-13)16(22)21-24-10-15-9-23-17(20-15)12-2-1-3-14(19)8-12/h1-9H,10H2,(H,21,22). The van der Waals surface area contributed by atoms with Crippen molar-refractivity contribution >= 4 is 17.5 Å². The lowest BCUT2D eigenvalue weighted by Gasteiger charge is -2.04. The van der Waals surface area contributed by atoms with Crippen molar-refractivity contribution in [2.45, 2.75) is 6.61 Å². The molecule has 1 amide bonds. The summed E-state index contributed by atoms with van der Waals surface area (Å²) in [7, 11) is 0. The van der Waals surface area contributed by atoms with Gasteiger partial charge < -0.3 is 4.42 Å². The second kappa shape index (κ2) is 7.25. The van der Waals surface area contributed by atoms with Crippen LogP contribution in [0.3, 0.4) is 0 Å². The van der Waals surface area contributed by atoms with Gasteiger partial charge in [0.25, 0.3) is 5.91 Å². The number of rotatable bonds is 5. The van der Waals surface area contributed by atoms with Gasteiger partial charge in [0, 0.05) is 16.1 Å². The normalized spacial score (nSPS) is 10.6. The molecular formula is C17H12ClFN2O3. The van der Waals surface area contributed by atoms with E-state index in [0.717, 1.165) is 0 Å². The minimum Gasteiger partial charge on any atom is -0.444 e. The van der Waals surface area contributed by atoms with Gasteiger partial charge in [0.15, 0.2) is 0 Å². The van der Waals surface area contributed by atoms with E-state index in [1.807, 2.05) is 0 Å². The molecule has 0 bridgehead atoms. The van der Waals surface area contributed by atoms with Crippen LogP contribution in [0.25, 0.3) is 11.5 Å². The highest BCUT2D eigenvalue weighted by Gasteiger charge is 2.09. The fourth-order valence-electron chi connectivity index (χ4n) is 1.96. The first-order valence-electron chi connectivity index (χ1n) is 7.00. The Kier molecular flexibility index (Phi) is 4.88. The molecular weight excluding hydrogens is 335 g/mol. The minimum absolute atomic E-state index is 0.0120. The molecule has 2 aromatic carbocycles. The number of hydroxylamine groups is 1. The van der Waals surface area contributed by atoms with E-state index in [4.69, 9.17) is 20.9 Å². The first-order chi connectivity index (χ1) is 11.6. The fraction of sp³-hybridized carbons (Fsp3) is 0.0588. The molecule has 0 fully saturated rings. The second-order valence-corrected chi connectivity index (χ2v) is 5.32. The van der Waals surface area contributed by atoms with E-state index in [1.165, 1.54) is 18.4 Å². The quantitative estimate of drug-likeness (QED) is 0.709. The minimum atomic E-state index is -0.402. The Morgan fingerprint density at radius 3 is 2.79 bits per heavy atom. The van der Waals surface area contributed by atoms with Gasteiger partial charge >= 0.3 is 0 Å². The smallest absolute Gasteiger partial charge is 0.274 e. The molecule has 7 heteroatoms. The predicted octanol–water partition coefficient (Wildman–Crippen LogP) is 4.00. The zero-order valence-electron chi connectivity index (χ0n) is 12.3. The lowest BCUT2D eigenvalue weighted by Crippen LogP contribution is -2.23. The summed E-state index contributed by atoms with van der Waals surface area (Å²) in [4.78, 5) is 21.1. The molecule has 1 aromatic heterocycles. The van der Waals surface area contributed by atoms with E-state index in [2.05, 4.69) is 10.5 Å². The van der Waals surface area contributed by atoms with Crippen LogP contribution in [0, 0.1) is 5.82 Å². The fourth-order valence-corrected chi connectivity index (χ4v) is 2.09. The van der Waals surface area contributed by atoms with E-state index in [0.29, 0.717) is 21.8 Å². The number of nitrogens with zero attached hydrogens (tertiary/aromatic N) is 1. The summed E-state index contributed by atoms with van der Waals surface area (Å²) in [6.07, 6.45) is 1.38. The first kappa shape index (κ1) is 16.2. The van der Waals surface area contributed by atoms with Gasteiger partial charge in [0.2, 0.25) is 5.89 Å². The van der Waals surface area contributed by atoms with Gasteiger partial charge in [0.05, 0.1) is 0 Å². The summed E-state index contributed by atoms with van der Waals surface area (Å²) < 4.78 is 18.5. The Hall–Kier alpha value is -2.70. The van der Waals surface area contributed by atoms with Gasteiger partial charge in [0.1, 0.15) is 24.4 Å². The molecule has 0 atom stereocenters. The largest absolute Gasteiger partial charge is 0.444 e. The van der Waals surface area contributed by atoms with E-state index in [1.54, 1.807) is 36.4 Å². The van der Waals surface area contributed by atoms with Gasteiger partial charge in [-0.2, -0.15) is 0 Å². The molecule has 1 heterocycles. The zero-order chi connectivity index (χ0) is 16.9. The maximum Gasteiger partial charge on any atom is 0.274 e. The Morgan fingerprint density at radius 1 is 1.25 bits per heavy atom. The number of benzene rings is 2. The number of carbonyl (C=O) groups excluding carboxylic acids is 1. The maximum atomic E-state index is 13.2. The van der Waals surface area contributed by atoms with Gasteiger partial charge in [-0.15, -0.1) is 0 Å². The van der Waals surface area contributed by atoms with Crippen LogP contribution in [0.2, 0.25) is 5.02 Å². The summed E-state index contributed by atoms with van der Waals surface area (Å²) in [6.45, 7) is 0.0120. The molecule has 5 nitrogen and oxygen atoms in total. The molecule has 1 N–H and O–H groups in total. The Bertz CT molecular complexity index is 849. The monoisotopic (exact) mass is 346 g/mol. The van der Waals surface area contributed by atoms with Crippen LogP contribution >= 0.6 is 11.6 Å². The van der Waals surface area contributed by atoms with E-state index < -0.39 is 5.91 Å². The molecule has 0 aliphatic carbocycles. The maximum absolute atomic E-state index is 13.2. The van der Waals surface area contributed by atoms with Crippen LogP contribution in [0.1, 0.15) is 16.1 Å². The zero-order valence-corrected chi connectivity index (χ0v) is 13.1. The lowest BCUT2D eigenvalue weighted by molar-refractivity contribution is 0.0222. The Morgan fingerprint density at radius 2 is 2.04 bits per heavy atom. The average Bonchev–Trinajstić information content (AvgIpc) is 3.04. The van der Waals surface area contributed by atoms with Crippen molar-refractivity contribution in [3.8, 4) is 11.5 Å². The summed E-state index contributed by atoms with van der Waals surface area (Å²) in [5.41, 5.74) is 3.70. The van der Waals surface area contributed by atoms with E-state index in [9.17, 15) is 9.18 Å². The van der Waals surface area contributed by atoms with Gasteiger partial charge in [-0.05, 0) is 42.5 Å². The van der Waals surface area contributed by atoms with Crippen LogP contribution in [-0.2, 0) is 11.4 Å². The Balaban J connectivity index is 1.56. The van der Waals surface area contributed by atoms with E-state index >= 15 is 0 Å². The van der Waals surface area contributed by atoms with Gasteiger partial charge in [-0.3, -0.25) is 9.63 Å². The number of hydrogen-bond donors (Lipinski definition) is 1. The summed E-state index contributed by atoms with van der Waals surface area (Å²) >= 11 is 5.76. The highest BCUT2D eigenvalue weighted by atomic mass is 35.5. The SMILES string of the molecule is O=C(NOCc1coc(-c2cccc(F)c2)n1)c1ccc(Cl)cc1. The highest BCUT2D eigenvalue weighted by molar-refractivity contribution is 6.30. The Labute approximate surface area is 142 Å². The molecule has 122 valence electrons. The van der Waals surface area contributed by atoms with Gasteiger partial charge in [-0.25, -0.2) is 14.9 Å². The lowest BCUT2D eigenvalue weighted by atomic mass is 10.2. The molecule has 0 saturated carbocycles. The van der Waals surface area contributed by atoms with Crippen molar-refractivity contribution in [3.05, 3.63) is 76.9 Å². The van der Waals surface area contributed by atoms with Crippen LogP contribution in [0.4, 0.5) is 4.39 Å². The molecule has 0 aliphatic heterocycles. The number of nitrogens with one attached hydrogen (secondary N) is 1. The van der Waals surface area contributed by atoms with Crippen LogP contribution in [0.15, 0.2) is 59.2 Å². The van der Waals surface area contributed by atoms with E-state index in [-0.39, 0.29) is 18.3 Å². The van der Waals surface area contributed by atoms with Crippen LogP contribution in [0.5, 0.6) is 0 Å². The molecule has 24 heavy (non-hydrogen) atoms.